The molecule has 0 radical (unpaired) electrons. The molecule has 3 aromatic carbocycles. The first-order valence-corrected chi connectivity index (χ1v) is 11.9. The number of hydrogen-bond acceptors (Lipinski definition) is 5. The van der Waals surface area contributed by atoms with Crippen molar-refractivity contribution in [3.63, 3.8) is 0 Å². The summed E-state index contributed by atoms with van der Waals surface area (Å²) in [6, 6.07) is 17.8. The summed E-state index contributed by atoms with van der Waals surface area (Å²) in [6.07, 6.45) is 6.91. The number of benzene rings is 3. The second-order valence-electron chi connectivity index (χ2n) is 8.03. The highest BCUT2D eigenvalue weighted by Crippen LogP contribution is 2.42. The molecule has 1 aliphatic heterocycles. The fourth-order valence-electron chi connectivity index (χ4n) is 4.37. The van der Waals surface area contributed by atoms with Crippen LogP contribution >= 0.6 is 15.9 Å². The van der Waals surface area contributed by atoms with Gasteiger partial charge in [0.1, 0.15) is 6.61 Å². The third kappa shape index (κ3) is 4.86. The number of rotatable bonds is 8. The molecule has 1 heterocycles. The summed E-state index contributed by atoms with van der Waals surface area (Å²) in [5.41, 5.74) is 4.35. The molecule has 0 N–H and O–H groups in total. The Balaban J connectivity index is 1.62. The van der Waals surface area contributed by atoms with Crippen LogP contribution in [-0.2, 0) is 19.6 Å². The molecule has 3 aromatic rings. The first-order valence-electron chi connectivity index (χ1n) is 11.1. The van der Waals surface area contributed by atoms with Gasteiger partial charge in [0.2, 0.25) is 0 Å². The lowest BCUT2D eigenvalue weighted by Gasteiger charge is -2.35. The van der Waals surface area contributed by atoms with Gasteiger partial charge in [0.05, 0.1) is 27.4 Å². The Morgan fingerprint density at radius 1 is 0.971 bits per heavy atom. The molecule has 0 bridgehead atoms. The van der Waals surface area contributed by atoms with Crippen molar-refractivity contribution in [2.45, 2.75) is 25.6 Å². The topological polar surface area (TPSA) is 40.2 Å². The van der Waals surface area contributed by atoms with Gasteiger partial charge in [-0.05, 0) is 47.4 Å². The van der Waals surface area contributed by atoms with Crippen molar-refractivity contribution in [1.82, 2.24) is 4.90 Å². The average Bonchev–Trinajstić information content (AvgIpc) is 2.88. The van der Waals surface area contributed by atoms with Crippen molar-refractivity contribution in [3.05, 3.63) is 81.3 Å². The summed E-state index contributed by atoms with van der Waals surface area (Å²) >= 11 is 3.67. The Hall–Kier alpha value is -3.14. The number of halogens is 1. The van der Waals surface area contributed by atoms with Crippen LogP contribution in [0.15, 0.2) is 59.1 Å². The summed E-state index contributed by atoms with van der Waals surface area (Å²) in [4.78, 5) is 2.27. The lowest BCUT2D eigenvalue weighted by Crippen LogP contribution is -2.34. The minimum atomic E-state index is -0.205. The molecule has 6 heteroatoms. The van der Waals surface area contributed by atoms with Crippen LogP contribution in [0, 0.1) is 12.3 Å². The average molecular weight is 522 g/mol. The molecule has 34 heavy (non-hydrogen) atoms. The molecule has 0 saturated carbocycles. The highest BCUT2D eigenvalue weighted by molar-refractivity contribution is 9.10. The zero-order valence-electron chi connectivity index (χ0n) is 19.6. The van der Waals surface area contributed by atoms with Crippen LogP contribution in [0.4, 0.5) is 0 Å². The van der Waals surface area contributed by atoms with Crippen molar-refractivity contribution in [1.29, 1.82) is 0 Å². The summed E-state index contributed by atoms with van der Waals surface area (Å²) in [7, 11) is 4.95. The third-order valence-corrected chi connectivity index (χ3v) is 6.84. The van der Waals surface area contributed by atoms with Crippen molar-refractivity contribution < 1.29 is 18.9 Å². The van der Waals surface area contributed by atoms with E-state index in [-0.39, 0.29) is 6.04 Å². The van der Waals surface area contributed by atoms with Crippen LogP contribution in [0.5, 0.6) is 23.0 Å². The van der Waals surface area contributed by atoms with E-state index in [9.17, 15) is 0 Å². The summed E-state index contributed by atoms with van der Waals surface area (Å²) in [5, 5.41) is 0. The molecule has 0 amide bonds. The Morgan fingerprint density at radius 2 is 1.74 bits per heavy atom. The summed E-state index contributed by atoms with van der Waals surface area (Å²) in [6.45, 7) is 1.90. The fraction of sp³-hybridized carbons (Fsp3) is 0.286. The number of terminal acetylenes is 1. The number of fused-ring (bicyclic) bond motifs is 1. The van der Waals surface area contributed by atoms with E-state index < -0.39 is 0 Å². The van der Waals surface area contributed by atoms with E-state index in [0.29, 0.717) is 30.4 Å². The molecular formula is C28H28BrNO4. The first kappa shape index (κ1) is 24.0. The smallest absolute Gasteiger partial charge is 0.166 e. The Morgan fingerprint density at radius 3 is 2.41 bits per heavy atom. The predicted octanol–water partition coefficient (Wildman–Crippen LogP) is 5.79. The zero-order chi connectivity index (χ0) is 24.1. The Kier molecular flexibility index (Phi) is 7.66. The highest BCUT2D eigenvalue weighted by Gasteiger charge is 2.29. The quantitative estimate of drug-likeness (QED) is 0.351. The molecule has 0 fully saturated rings. The van der Waals surface area contributed by atoms with Crippen molar-refractivity contribution in [2.75, 3.05) is 27.9 Å². The number of nitrogens with zero attached hydrogens (tertiary/aromatic N) is 1. The SMILES string of the molecule is C#C[C@@H]1c2cc(OC)c(OCc3ccccc3)cc2CCN1Cc1c(Br)ccc(OC)c1OC. The fourth-order valence-corrected chi connectivity index (χ4v) is 4.81. The van der Waals surface area contributed by atoms with Crippen LogP contribution in [0.25, 0.3) is 0 Å². The Labute approximate surface area is 209 Å². The van der Waals surface area contributed by atoms with Gasteiger partial charge >= 0.3 is 0 Å². The van der Waals surface area contributed by atoms with E-state index in [1.54, 1.807) is 21.3 Å². The minimum Gasteiger partial charge on any atom is -0.493 e. The molecule has 1 aliphatic rings. The highest BCUT2D eigenvalue weighted by atomic mass is 79.9. The lowest BCUT2D eigenvalue weighted by atomic mass is 9.91. The van der Waals surface area contributed by atoms with E-state index in [1.165, 1.54) is 5.56 Å². The maximum atomic E-state index is 6.12. The van der Waals surface area contributed by atoms with Crippen molar-refractivity contribution in [3.8, 4) is 35.3 Å². The number of hydrogen-bond donors (Lipinski definition) is 0. The van der Waals surface area contributed by atoms with Crippen LogP contribution in [0.1, 0.15) is 28.3 Å². The third-order valence-electron chi connectivity index (χ3n) is 6.10. The molecule has 0 aromatic heterocycles. The molecule has 0 spiro atoms. The largest absolute Gasteiger partial charge is 0.493 e. The second-order valence-corrected chi connectivity index (χ2v) is 8.88. The van der Waals surface area contributed by atoms with Crippen molar-refractivity contribution >= 4 is 15.9 Å². The second kappa shape index (κ2) is 10.9. The van der Waals surface area contributed by atoms with Gasteiger partial charge in [-0.15, -0.1) is 6.42 Å². The van der Waals surface area contributed by atoms with Crippen LogP contribution in [0.3, 0.4) is 0 Å². The van der Waals surface area contributed by atoms with Gasteiger partial charge in [-0.2, -0.15) is 0 Å². The standard InChI is InChI=1S/C28H28BrNO4/c1-5-24-21-16-26(32-3)27(34-18-19-9-7-6-8-10-19)15-20(21)13-14-30(24)17-22-23(29)11-12-25(31-2)28(22)33-4/h1,6-12,15-16,24H,13-14,17-18H2,2-4H3/t24-/m1/s1. The molecule has 0 aliphatic carbocycles. The van der Waals surface area contributed by atoms with E-state index in [0.717, 1.165) is 39.9 Å². The van der Waals surface area contributed by atoms with Gasteiger partial charge in [0, 0.05) is 23.1 Å². The van der Waals surface area contributed by atoms with Crippen LogP contribution in [-0.4, -0.2) is 32.8 Å². The van der Waals surface area contributed by atoms with Gasteiger partial charge in [-0.25, -0.2) is 0 Å². The maximum absolute atomic E-state index is 6.12. The van der Waals surface area contributed by atoms with Gasteiger partial charge < -0.3 is 18.9 Å². The van der Waals surface area contributed by atoms with E-state index >= 15 is 0 Å². The number of ether oxygens (including phenoxy) is 4. The Bertz CT molecular complexity index is 1190. The van der Waals surface area contributed by atoms with E-state index in [4.69, 9.17) is 25.4 Å². The first-order chi connectivity index (χ1) is 16.6. The van der Waals surface area contributed by atoms with E-state index in [2.05, 4.69) is 32.8 Å². The summed E-state index contributed by atoms with van der Waals surface area (Å²) in [5.74, 6) is 5.79. The molecule has 0 saturated heterocycles. The normalized spacial score (nSPS) is 15.2. The van der Waals surface area contributed by atoms with E-state index in [1.807, 2.05) is 48.5 Å². The molecule has 0 unspecified atom stereocenters. The molecular weight excluding hydrogens is 494 g/mol. The van der Waals surface area contributed by atoms with Crippen LogP contribution < -0.4 is 18.9 Å². The molecule has 5 nitrogen and oxygen atoms in total. The van der Waals surface area contributed by atoms with Gasteiger partial charge in [0.25, 0.3) is 0 Å². The van der Waals surface area contributed by atoms with Gasteiger partial charge in [-0.1, -0.05) is 52.2 Å². The summed E-state index contributed by atoms with van der Waals surface area (Å²) < 4.78 is 23.9. The van der Waals surface area contributed by atoms with Gasteiger partial charge in [0.15, 0.2) is 23.0 Å². The molecule has 1 atom stereocenters. The zero-order valence-corrected chi connectivity index (χ0v) is 21.2. The van der Waals surface area contributed by atoms with Crippen LogP contribution in [0.2, 0.25) is 0 Å². The minimum absolute atomic E-state index is 0.205. The number of methoxy groups -OCH3 is 3. The van der Waals surface area contributed by atoms with Crippen molar-refractivity contribution in [2.24, 2.45) is 0 Å². The lowest BCUT2D eigenvalue weighted by molar-refractivity contribution is 0.211. The predicted molar refractivity (Wildman–Crippen MR) is 137 cm³/mol. The maximum Gasteiger partial charge on any atom is 0.166 e. The molecule has 176 valence electrons. The molecule has 4 rings (SSSR count). The van der Waals surface area contributed by atoms with Gasteiger partial charge in [-0.3, -0.25) is 4.90 Å². The monoisotopic (exact) mass is 521 g/mol.